The number of para-hydroxylation sites is 1. The Hall–Kier alpha value is -3.38. The van der Waals surface area contributed by atoms with Crippen LogP contribution < -0.4 is 11.2 Å². The van der Waals surface area contributed by atoms with E-state index in [9.17, 15) is 14.7 Å². The summed E-state index contributed by atoms with van der Waals surface area (Å²) in [5.41, 5.74) is 1.99. The molecule has 6 nitrogen and oxygen atoms in total. The Bertz CT molecular complexity index is 1250. The van der Waals surface area contributed by atoms with Crippen molar-refractivity contribution in [2.45, 2.75) is 6.92 Å². The molecule has 4 rings (SSSR count). The van der Waals surface area contributed by atoms with Crippen LogP contribution in [0.15, 0.2) is 57.0 Å². The molecule has 1 aliphatic rings. The summed E-state index contributed by atoms with van der Waals surface area (Å²) in [6, 6.07) is 12.4. The Labute approximate surface area is 158 Å². The zero-order valence-electron chi connectivity index (χ0n) is 14.2. The Balaban J connectivity index is 1.92. The average molecular weight is 380 g/mol. The second-order valence-corrected chi connectivity index (χ2v) is 6.55. The minimum absolute atomic E-state index is 0.0375. The summed E-state index contributed by atoms with van der Waals surface area (Å²) < 4.78 is 1.01. The van der Waals surface area contributed by atoms with Crippen molar-refractivity contribution < 1.29 is 5.11 Å². The third-order valence-electron chi connectivity index (χ3n) is 4.39. The summed E-state index contributed by atoms with van der Waals surface area (Å²) in [6.45, 7) is 1.83. The number of hydrogen-bond acceptors (Lipinski definition) is 4. The summed E-state index contributed by atoms with van der Waals surface area (Å²) in [6.07, 6.45) is 3.12. The molecule has 2 heterocycles. The lowest BCUT2D eigenvalue weighted by Gasteiger charge is -2.11. The first kappa shape index (κ1) is 17.1. The molecule has 3 aromatic rings. The molecule has 0 atom stereocenters. The predicted octanol–water partition coefficient (Wildman–Crippen LogP) is 3.45. The van der Waals surface area contributed by atoms with Crippen molar-refractivity contribution in [2.24, 2.45) is 4.99 Å². The molecule has 7 heteroatoms. The van der Waals surface area contributed by atoms with Gasteiger partial charge in [0.15, 0.2) is 0 Å². The first-order chi connectivity index (χ1) is 13.0. The van der Waals surface area contributed by atoms with Gasteiger partial charge >= 0.3 is 5.69 Å². The van der Waals surface area contributed by atoms with Gasteiger partial charge in [-0.15, -0.1) is 0 Å². The highest BCUT2D eigenvalue weighted by atomic mass is 35.5. The first-order valence-corrected chi connectivity index (χ1v) is 8.53. The van der Waals surface area contributed by atoms with Gasteiger partial charge in [-0.2, -0.15) is 0 Å². The van der Waals surface area contributed by atoms with Gasteiger partial charge < -0.3 is 5.11 Å². The molecule has 0 amide bonds. The number of aromatic hydroxyl groups is 1. The molecular formula is C20H14ClN3O3. The number of aromatic amines is 1. The number of halogens is 1. The lowest BCUT2D eigenvalue weighted by Crippen LogP contribution is -2.30. The molecule has 1 aliphatic heterocycles. The Kier molecular flexibility index (Phi) is 4.05. The van der Waals surface area contributed by atoms with E-state index in [-0.39, 0.29) is 5.56 Å². The van der Waals surface area contributed by atoms with Crippen LogP contribution in [0, 0.1) is 6.92 Å². The van der Waals surface area contributed by atoms with Crippen LogP contribution in [-0.2, 0) is 0 Å². The minimum Gasteiger partial charge on any atom is -0.494 e. The van der Waals surface area contributed by atoms with Crippen molar-refractivity contribution in [3.05, 3.63) is 85.0 Å². The highest BCUT2D eigenvalue weighted by Gasteiger charge is 2.17. The van der Waals surface area contributed by atoms with Crippen molar-refractivity contribution in [1.29, 1.82) is 0 Å². The molecule has 2 N–H and O–H groups in total. The zero-order valence-corrected chi connectivity index (χ0v) is 15.0. The highest BCUT2D eigenvalue weighted by Crippen LogP contribution is 2.33. The fraction of sp³-hybridized carbons (Fsp3) is 0.0500. The molecule has 2 aromatic carbocycles. The highest BCUT2D eigenvalue weighted by molar-refractivity contribution is 6.31. The molecule has 1 aromatic heterocycles. The molecule has 0 unspecified atom stereocenters. The lowest BCUT2D eigenvalue weighted by atomic mass is 10.1. The number of allylic oxidation sites excluding steroid dienone is 1. The number of aliphatic imine (C=N–C) groups is 1. The van der Waals surface area contributed by atoms with Crippen LogP contribution >= 0.6 is 11.6 Å². The number of aromatic nitrogens is 2. The standard InChI is InChI=1S/C20H14ClN3O3/c1-11-6-7-13(9-16(11)21)24-19(26)15(18(25)23-20(24)27)8-12-10-22-17-5-3-2-4-14(12)17/h2-10,26H,1H3,(H,23,25,27)/b12-8-. The van der Waals surface area contributed by atoms with Crippen LogP contribution in [0.1, 0.15) is 16.7 Å². The van der Waals surface area contributed by atoms with Crippen LogP contribution in [0.2, 0.25) is 5.02 Å². The van der Waals surface area contributed by atoms with Gasteiger partial charge in [-0.1, -0.05) is 35.9 Å². The topological polar surface area (TPSA) is 87.4 Å². The number of hydrogen-bond donors (Lipinski definition) is 2. The van der Waals surface area contributed by atoms with Crippen LogP contribution in [0.25, 0.3) is 17.3 Å². The molecule has 27 heavy (non-hydrogen) atoms. The number of aryl methyl sites for hydroxylation is 1. The predicted molar refractivity (Wildman–Crippen MR) is 107 cm³/mol. The zero-order chi connectivity index (χ0) is 19.1. The van der Waals surface area contributed by atoms with E-state index in [1.807, 2.05) is 31.2 Å². The van der Waals surface area contributed by atoms with Crippen LogP contribution in [0.5, 0.6) is 5.88 Å². The Morgan fingerprint density at radius 3 is 2.74 bits per heavy atom. The summed E-state index contributed by atoms with van der Waals surface area (Å²) in [7, 11) is 0. The Morgan fingerprint density at radius 1 is 1.19 bits per heavy atom. The number of fused-ring (bicyclic) bond motifs is 1. The molecular weight excluding hydrogens is 366 g/mol. The summed E-state index contributed by atoms with van der Waals surface area (Å²) in [5, 5.41) is 11.1. The fourth-order valence-electron chi connectivity index (χ4n) is 2.94. The smallest absolute Gasteiger partial charge is 0.335 e. The molecule has 134 valence electrons. The number of H-pyrrole nitrogens is 1. The normalized spacial score (nSPS) is 13.9. The largest absolute Gasteiger partial charge is 0.494 e. The van der Waals surface area contributed by atoms with Crippen molar-refractivity contribution in [2.75, 3.05) is 0 Å². The van der Waals surface area contributed by atoms with Gasteiger partial charge in [0, 0.05) is 22.4 Å². The maximum atomic E-state index is 12.3. The molecule has 0 saturated heterocycles. The SMILES string of the molecule is Cc1ccc(-n2c(O)c(/C=C3/C=Nc4ccccc43)c(=O)[nH]c2=O)cc1Cl. The molecule has 0 spiro atoms. The monoisotopic (exact) mass is 379 g/mol. The van der Waals surface area contributed by atoms with E-state index in [4.69, 9.17) is 11.6 Å². The van der Waals surface area contributed by atoms with Crippen LogP contribution in [0.3, 0.4) is 0 Å². The minimum atomic E-state index is -0.750. The van der Waals surface area contributed by atoms with Crippen molar-refractivity contribution >= 4 is 35.2 Å². The van der Waals surface area contributed by atoms with E-state index in [1.165, 1.54) is 6.08 Å². The number of benzene rings is 2. The summed E-state index contributed by atoms with van der Waals surface area (Å²) >= 11 is 6.13. The van der Waals surface area contributed by atoms with E-state index in [0.717, 1.165) is 21.4 Å². The van der Waals surface area contributed by atoms with E-state index in [0.29, 0.717) is 16.3 Å². The quantitative estimate of drug-likeness (QED) is 0.714. The van der Waals surface area contributed by atoms with Crippen molar-refractivity contribution in [3.8, 4) is 11.6 Å². The van der Waals surface area contributed by atoms with Crippen molar-refractivity contribution in [3.63, 3.8) is 0 Å². The molecule has 0 radical (unpaired) electrons. The van der Waals surface area contributed by atoms with Crippen LogP contribution in [-0.4, -0.2) is 20.9 Å². The third kappa shape index (κ3) is 2.90. The molecule has 0 fully saturated rings. The summed E-state index contributed by atoms with van der Waals surface area (Å²) in [5.74, 6) is -0.464. The first-order valence-electron chi connectivity index (χ1n) is 8.15. The number of nitrogens with zero attached hydrogens (tertiary/aromatic N) is 2. The fourth-order valence-corrected chi connectivity index (χ4v) is 3.11. The van der Waals surface area contributed by atoms with Gasteiger partial charge in [-0.05, 0) is 36.8 Å². The second-order valence-electron chi connectivity index (χ2n) is 6.14. The third-order valence-corrected chi connectivity index (χ3v) is 4.80. The van der Waals surface area contributed by atoms with Crippen molar-refractivity contribution in [1.82, 2.24) is 9.55 Å². The average Bonchev–Trinajstić information content (AvgIpc) is 3.04. The number of nitrogens with one attached hydrogen (secondary N) is 1. The molecule has 0 saturated carbocycles. The van der Waals surface area contributed by atoms with E-state index >= 15 is 0 Å². The van der Waals surface area contributed by atoms with E-state index < -0.39 is 17.1 Å². The van der Waals surface area contributed by atoms with Gasteiger partial charge in [-0.25, -0.2) is 9.36 Å². The maximum Gasteiger partial charge on any atom is 0.335 e. The second kappa shape index (κ2) is 6.41. The Morgan fingerprint density at radius 2 is 1.96 bits per heavy atom. The van der Waals surface area contributed by atoms with Gasteiger partial charge in [0.25, 0.3) is 5.56 Å². The lowest BCUT2D eigenvalue weighted by molar-refractivity contribution is 0.429. The van der Waals surface area contributed by atoms with E-state index in [2.05, 4.69) is 9.98 Å². The van der Waals surface area contributed by atoms with Gasteiger partial charge in [0.1, 0.15) is 5.56 Å². The number of rotatable bonds is 2. The molecule has 0 aliphatic carbocycles. The van der Waals surface area contributed by atoms with Crippen LogP contribution in [0.4, 0.5) is 5.69 Å². The van der Waals surface area contributed by atoms with Gasteiger partial charge in [-0.3, -0.25) is 14.8 Å². The van der Waals surface area contributed by atoms with E-state index in [1.54, 1.807) is 24.4 Å². The molecule has 0 bridgehead atoms. The maximum absolute atomic E-state index is 12.3. The van der Waals surface area contributed by atoms with Gasteiger partial charge in [0.2, 0.25) is 5.88 Å². The summed E-state index contributed by atoms with van der Waals surface area (Å²) in [4.78, 5) is 31.1. The van der Waals surface area contributed by atoms with Gasteiger partial charge in [0.05, 0.1) is 11.4 Å².